The second-order valence-electron chi connectivity index (χ2n) is 6.10. The number of rotatable bonds is 7. The number of carbonyl (C=O) groups excluding carboxylic acids is 1. The minimum Gasteiger partial charge on any atom is -0.492 e. The Hall–Kier alpha value is -3.00. The normalized spacial score (nSPS) is 10.6. The predicted octanol–water partition coefficient (Wildman–Crippen LogP) is 3.79. The van der Waals surface area contributed by atoms with Gasteiger partial charge in [-0.05, 0) is 37.1 Å². The molecule has 0 spiro atoms. The molecule has 130 valence electrons. The summed E-state index contributed by atoms with van der Waals surface area (Å²) in [6, 6.07) is 19.2. The van der Waals surface area contributed by atoms with Crippen molar-refractivity contribution < 1.29 is 14.3 Å². The molecule has 0 saturated heterocycles. The lowest BCUT2D eigenvalue weighted by Gasteiger charge is -2.16. The summed E-state index contributed by atoms with van der Waals surface area (Å²) in [5.74, 6) is 0.692. The van der Waals surface area contributed by atoms with Crippen LogP contribution in [0.3, 0.4) is 0 Å². The molecule has 0 radical (unpaired) electrons. The van der Waals surface area contributed by atoms with Crippen molar-refractivity contribution in [1.29, 1.82) is 5.26 Å². The quantitative estimate of drug-likeness (QED) is 0.780. The number of amides is 1. The third-order valence-electron chi connectivity index (χ3n) is 3.71. The zero-order chi connectivity index (χ0) is 18.1. The van der Waals surface area contributed by atoms with E-state index in [1.165, 1.54) is 0 Å². The maximum atomic E-state index is 11.6. The van der Waals surface area contributed by atoms with Crippen LogP contribution in [-0.2, 0) is 16.8 Å². The van der Waals surface area contributed by atoms with Crippen molar-refractivity contribution in [3.8, 4) is 11.8 Å². The monoisotopic (exact) mass is 338 g/mol. The zero-order valence-corrected chi connectivity index (χ0v) is 14.5. The van der Waals surface area contributed by atoms with E-state index in [1.807, 2.05) is 68.4 Å². The van der Waals surface area contributed by atoms with Gasteiger partial charge in [0.15, 0.2) is 0 Å². The van der Waals surface area contributed by atoms with Crippen molar-refractivity contribution in [3.63, 3.8) is 0 Å². The highest BCUT2D eigenvalue weighted by Gasteiger charge is 2.19. The average Bonchev–Trinajstić information content (AvgIpc) is 2.65. The van der Waals surface area contributed by atoms with Crippen LogP contribution < -0.4 is 10.1 Å². The van der Waals surface area contributed by atoms with Crippen LogP contribution in [-0.4, -0.2) is 19.2 Å². The van der Waals surface area contributed by atoms with Gasteiger partial charge in [0.1, 0.15) is 19.0 Å². The largest absolute Gasteiger partial charge is 0.492 e. The lowest BCUT2D eigenvalue weighted by Crippen LogP contribution is -2.28. The van der Waals surface area contributed by atoms with E-state index in [-0.39, 0.29) is 6.61 Å². The van der Waals surface area contributed by atoms with Gasteiger partial charge in [-0.2, -0.15) is 5.26 Å². The van der Waals surface area contributed by atoms with Crippen molar-refractivity contribution >= 4 is 6.09 Å². The molecule has 25 heavy (non-hydrogen) atoms. The summed E-state index contributed by atoms with van der Waals surface area (Å²) in [6.45, 7) is 4.66. The van der Waals surface area contributed by atoms with Crippen molar-refractivity contribution in [1.82, 2.24) is 5.32 Å². The fourth-order valence-electron chi connectivity index (χ4n) is 2.13. The number of hydrogen-bond donors (Lipinski definition) is 1. The highest BCUT2D eigenvalue weighted by atomic mass is 16.5. The molecule has 2 aromatic rings. The van der Waals surface area contributed by atoms with Crippen LogP contribution in [0.1, 0.15) is 25.0 Å². The Labute approximate surface area is 148 Å². The molecule has 0 aromatic heterocycles. The molecule has 5 heteroatoms. The summed E-state index contributed by atoms with van der Waals surface area (Å²) < 4.78 is 10.7. The smallest absolute Gasteiger partial charge is 0.407 e. The molecule has 0 saturated carbocycles. The van der Waals surface area contributed by atoms with Gasteiger partial charge in [-0.3, -0.25) is 0 Å². The standard InChI is InChI=1S/C20H22N2O3/c1-20(2,15-21)17-8-10-18(11-9-17)24-13-12-22-19(23)25-14-16-6-4-3-5-7-16/h3-11H,12-14H2,1-2H3,(H,22,23). The second kappa shape index (κ2) is 8.74. The highest BCUT2D eigenvalue weighted by molar-refractivity contribution is 5.67. The van der Waals surface area contributed by atoms with Gasteiger partial charge >= 0.3 is 6.09 Å². The Bertz CT molecular complexity index is 719. The maximum absolute atomic E-state index is 11.6. The van der Waals surface area contributed by atoms with Crippen molar-refractivity contribution in [2.75, 3.05) is 13.2 Å². The summed E-state index contributed by atoms with van der Waals surface area (Å²) >= 11 is 0. The van der Waals surface area contributed by atoms with Gasteiger partial charge in [-0.1, -0.05) is 42.5 Å². The molecule has 0 unspecified atom stereocenters. The Morgan fingerprint density at radius 3 is 2.44 bits per heavy atom. The Morgan fingerprint density at radius 2 is 1.80 bits per heavy atom. The third kappa shape index (κ3) is 5.85. The number of ether oxygens (including phenoxy) is 2. The summed E-state index contributed by atoms with van der Waals surface area (Å²) in [5.41, 5.74) is 1.35. The summed E-state index contributed by atoms with van der Waals surface area (Å²) in [7, 11) is 0. The van der Waals surface area contributed by atoms with E-state index in [1.54, 1.807) is 0 Å². The van der Waals surface area contributed by atoms with E-state index in [2.05, 4.69) is 11.4 Å². The van der Waals surface area contributed by atoms with Gasteiger partial charge in [0, 0.05) is 0 Å². The van der Waals surface area contributed by atoms with Gasteiger partial charge in [-0.15, -0.1) is 0 Å². The Morgan fingerprint density at radius 1 is 1.12 bits per heavy atom. The highest BCUT2D eigenvalue weighted by Crippen LogP contribution is 2.24. The number of hydrogen-bond acceptors (Lipinski definition) is 4. The van der Waals surface area contributed by atoms with Crippen LogP contribution in [0.2, 0.25) is 0 Å². The Balaban J connectivity index is 1.67. The van der Waals surface area contributed by atoms with Gasteiger partial charge in [0.25, 0.3) is 0 Å². The first kappa shape index (κ1) is 18.3. The van der Waals surface area contributed by atoms with Crippen molar-refractivity contribution in [2.24, 2.45) is 0 Å². The van der Waals surface area contributed by atoms with E-state index < -0.39 is 11.5 Å². The second-order valence-corrected chi connectivity index (χ2v) is 6.10. The van der Waals surface area contributed by atoms with Gasteiger partial charge in [0.05, 0.1) is 18.0 Å². The molecule has 1 amide bonds. The van der Waals surface area contributed by atoms with E-state index >= 15 is 0 Å². The van der Waals surface area contributed by atoms with Crippen LogP contribution in [0.4, 0.5) is 4.79 Å². The summed E-state index contributed by atoms with van der Waals surface area (Å²) in [5, 5.41) is 11.8. The van der Waals surface area contributed by atoms with Crippen LogP contribution in [0.25, 0.3) is 0 Å². The molecule has 0 aliphatic rings. The van der Waals surface area contributed by atoms with Crippen molar-refractivity contribution in [3.05, 3.63) is 65.7 Å². The molecule has 0 atom stereocenters. The topological polar surface area (TPSA) is 71.3 Å². The SMILES string of the molecule is CC(C)(C#N)c1ccc(OCCNC(=O)OCc2ccccc2)cc1. The minimum atomic E-state index is -0.525. The molecular formula is C20H22N2O3. The molecule has 5 nitrogen and oxygen atoms in total. The van der Waals surface area contributed by atoms with Crippen LogP contribution >= 0.6 is 0 Å². The van der Waals surface area contributed by atoms with E-state index in [0.717, 1.165) is 11.1 Å². The van der Waals surface area contributed by atoms with Crippen molar-refractivity contribution in [2.45, 2.75) is 25.9 Å². The third-order valence-corrected chi connectivity index (χ3v) is 3.71. The molecular weight excluding hydrogens is 316 g/mol. The zero-order valence-electron chi connectivity index (χ0n) is 14.5. The first-order chi connectivity index (χ1) is 12.0. The molecule has 0 bridgehead atoms. The molecule has 0 fully saturated rings. The summed E-state index contributed by atoms with van der Waals surface area (Å²) in [6.07, 6.45) is -0.474. The number of nitriles is 1. The van der Waals surface area contributed by atoms with Gasteiger partial charge in [0.2, 0.25) is 0 Å². The minimum absolute atomic E-state index is 0.240. The molecule has 0 heterocycles. The number of nitrogens with one attached hydrogen (secondary N) is 1. The molecule has 2 aromatic carbocycles. The predicted molar refractivity (Wildman–Crippen MR) is 95.2 cm³/mol. The number of nitrogens with zero attached hydrogens (tertiary/aromatic N) is 1. The van der Waals surface area contributed by atoms with Crippen LogP contribution in [0.15, 0.2) is 54.6 Å². The lowest BCUT2D eigenvalue weighted by molar-refractivity contribution is 0.137. The number of carbonyl (C=O) groups is 1. The fourth-order valence-corrected chi connectivity index (χ4v) is 2.13. The van der Waals surface area contributed by atoms with Gasteiger partial charge in [-0.25, -0.2) is 4.79 Å². The molecule has 2 rings (SSSR count). The number of alkyl carbamates (subject to hydrolysis) is 1. The van der Waals surface area contributed by atoms with Gasteiger partial charge < -0.3 is 14.8 Å². The Kier molecular flexibility index (Phi) is 6.41. The lowest BCUT2D eigenvalue weighted by atomic mass is 9.86. The first-order valence-electron chi connectivity index (χ1n) is 8.10. The number of benzene rings is 2. The molecule has 1 N–H and O–H groups in total. The first-order valence-corrected chi connectivity index (χ1v) is 8.10. The molecule has 0 aliphatic carbocycles. The molecule has 0 aliphatic heterocycles. The van der Waals surface area contributed by atoms with E-state index in [0.29, 0.717) is 18.9 Å². The van der Waals surface area contributed by atoms with E-state index in [9.17, 15) is 4.79 Å². The fraction of sp³-hybridized carbons (Fsp3) is 0.300. The average molecular weight is 338 g/mol. The van der Waals surface area contributed by atoms with E-state index in [4.69, 9.17) is 14.7 Å². The van der Waals surface area contributed by atoms with Crippen LogP contribution in [0.5, 0.6) is 5.75 Å². The maximum Gasteiger partial charge on any atom is 0.407 e. The van der Waals surface area contributed by atoms with Crippen LogP contribution in [0, 0.1) is 11.3 Å². The summed E-state index contributed by atoms with van der Waals surface area (Å²) in [4.78, 5) is 11.6.